The van der Waals surface area contributed by atoms with Crippen LogP contribution in [0.25, 0.3) is 0 Å². The molecule has 0 radical (unpaired) electrons. The summed E-state index contributed by atoms with van der Waals surface area (Å²) in [5.41, 5.74) is -8.43. The van der Waals surface area contributed by atoms with E-state index in [9.17, 15) is 29.4 Å². The summed E-state index contributed by atoms with van der Waals surface area (Å²) in [5.74, 6) is -5.32. The minimum absolute atomic E-state index is 0.0968. The van der Waals surface area contributed by atoms with Gasteiger partial charge in [0.05, 0.1) is 11.5 Å². The third-order valence-corrected chi connectivity index (χ3v) is 8.44. The molecule has 2 N–H and O–H groups in total. The monoisotopic (exact) mass is 452 g/mol. The molecule has 0 aromatic carbocycles. The van der Waals surface area contributed by atoms with Crippen LogP contribution in [0.5, 0.6) is 0 Å². The van der Waals surface area contributed by atoms with Gasteiger partial charge in [0.2, 0.25) is 5.78 Å². The molecule has 0 unspecified atom stereocenters. The zero-order chi connectivity index (χ0) is 23.9. The van der Waals surface area contributed by atoms with Crippen molar-refractivity contribution in [3.8, 4) is 0 Å². The van der Waals surface area contributed by atoms with Gasteiger partial charge in [0.1, 0.15) is 6.17 Å². The number of carbonyl (C=O) groups is 4. The molecule has 0 aromatic rings. The summed E-state index contributed by atoms with van der Waals surface area (Å²) < 4.78 is 36.8. The number of rotatable bonds is 3. The molecule has 4 rings (SSSR count). The van der Waals surface area contributed by atoms with E-state index < -0.39 is 89.0 Å². The van der Waals surface area contributed by atoms with Gasteiger partial charge in [0.25, 0.3) is 0 Å². The maximum atomic E-state index is 16.8. The van der Waals surface area contributed by atoms with E-state index in [2.05, 4.69) is 0 Å². The van der Waals surface area contributed by atoms with E-state index in [1.165, 1.54) is 19.9 Å². The van der Waals surface area contributed by atoms with Crippen molar-refractivity contribution in [2.45, 2.75) is 63.6 Å². The first-order valence-electron chi connectivity index (χ1n) is 10.6. The van der Waals surface area contributed by atoms with Crippen LogP contribution in [-0.2, 0) is 23.9 Å². The second-order valence-corrected chi connectivity index (χ2v) is 9.90. The van der Waals surface area contributed by atoms with Crippen LogP contribution in [0.15, 0.2) is 23.8 Å². The lowest BCUT2D eigenvalue weighted by Gasteiger charge is -2.59. The molecule has 9 heteroatoms. The number of Topliss-reactive ketones (excluding diaryl/α,β-unsaturated/α-hetero) is 2. The highest BCUT2D eigenvalue weighted by Crippen LogP contribution is 2.68. The van der Waals surface area contributed by atoms with Crippen molar-refractivity contribution in [3.63, 3.8) is 0 Å². The number of halogens is 2. The smallest absolute Gasteiger partial charge is 0.303 e. The third-order valence-electron chi connectivity index (χ3n) is 8.44. The molecule has 4 aliphatic rings. The highest BCUT2D eigenvalue weighted by molar-refractivity contribution is 6.03. The zero-order valence-electron chi connectivity index (χ0n) is 18.1. The molecular formula is C23H26F2O7. The molecule has 0 heterocycles. The maximum absolute atomic E-state index is 16.8. The quantitative estimate of drug-likeness (QED) is 0.621. The number of carbonyl (C=O) groups excluding carboxylic acids is 4. The fourth-order valence-electron chi connectivity index (χ4n) is 6.73. The van der Waals surface area contributed by atoms with Crippen molar-refractivity contribution < 1.29 is 42.9 Å². The van der Waals surface area contributed by atoms with Crippen molar-refractivity contribution in [1.82, 2.24) is 0 Å². The average Bonchev–Trinajstić information content (AvgIpc) is 2.91. The van der Waals surface area contributed by atoms with Gasteiger partial charge in [-0.1, -0.05) is 13.0 Å². The van der Waals surface area contributed by atoms with Crippen LogP contribution in [0.3, 0.4) is 0 Å². The summed E-state index contributed by atoms with van der Waals surface area (Å²) in [5, 5.41) is 22.1. The van der Waals surface area contributed by atoms with Gasteiger partial charge in [-0.3, -0.25) is 19.2 Å². The van der Waals surface area contributed by atoms with Gasteiger partial charge in [-0.2, -0.15) is 0 Å². The minimum Gasteiger partial charge on any atom is -0.458 e. The molecule has 0 aromatic heterocycles. The first kappa shape index (κ1) is 22.9. The van der Waals surface area contributed by atoms with Gasteiger partial charge in [-0.25, -0.2) is 8.78 Å². The van der Waals surface area contributed by atoms with Gasteiger partial charge in [0, 0.05) is 24.7 Å². The molecule has 174 valence electrons. The first-order valence-corrected chi connectivity index (χ1v) is 10.6. The van der Waals surface area contributed by atoms with E-state index in [1.807, 2.05) is 0 Å². The van der Waals surface area contributed by atoms with E-state index in [-0.39, 0.29) is 12.0 Å². The molecule has 0 spiro atoms. The van der Waals surface area contributed by atoms with E-state index in [1.54, 1.807) is 0 Å². The van der Waals surface area contributed by atoms with Crippen molar-refractivity contribution in [3.05, 3.63) is 23.8 Å². The number of ether oxygens (including phenoxy) is 1. The largest absolute Gasteiger partial charge is 0.458 e. The lowest BCUT2D eigenvalue weighted by Crippen LogP contribution is -2.69. The molecule has 0 aliphatic heterocycles. The molecular weight excluding hydrogens is 426 g/mol. The van der Waals surface area contributed by atoms with E-state index in [0.717, 1.165) is 19.1 Å². The predicted molar refractivity (Wildman–Crippen MR) is 106 cm³/mol. The van der Waals surface area contributed by atoms with Crippen LogP contribution in [-0.4, -0.2) is 63.7 Å². The predicted octanol–water partition coefficient (Wildman–Crippen LogP) is 1.35. The minimum atomic E-state index is -2.58. The SMILES string of the molecule is CC(=O)OCC(=O)[C@@]1(O)[C@H](O)C[C@H]2[C@@H]3C[C@H](F)C4=CC(=O)C=C[C@]4(C)[C@@]3(F)C(=O)C[C@@]21C. The Hall–Kier alpha value is -2.26. The summed E-state index contributed by atoms with van der Waals surface area (Å²) in [7, 11) is 0. The number of alkyl halides is 2. The normalized spacial score (nSPS) is 47.3. The van der Waals surface area contributed by atoms with Gasteiger partial charge in [0.15, 0.2) is 29.4 Å². The Balaban J connectivity index is 1.80. The molecule has 8 atom stereocenters. The lowest BCUT2D eigenvalue weighted by atomic mass is 9.45. The Morgan fingerprint density at radius 3 is 2.50 bits per heavy atom. The lowest BCUT2D eigenvalue weighted by molar-refractivity contribution is -0.194. The molecule has 7 nitrogen and oxygen atoms in total. The van der Waals surface area contributed by atoms with Crippen molar-refractivity contribution in [1.29, 1.82) is 0 Å². The molecule has 4 aliphatic carbocycles. The fourth-order valence-corrected chi connectivity index (χ4v) is 6.73. The first-order chi connectivity index (χ1) is 14.7. The number of allylic oxidation sites excluding steroid dienone is 4. The van der Waals surface area contributed by atoms with Crippen LogP contribution >= 0.6 is 0 Å². The maximum Gasteiger partial charge on any atom is 0.303 e. The second-order valence-electron chi connectivity index (χ2n) is 9.90. The van der Waals surface area contributed by atoms with Gasteiger partial charge < -0.3 is 14.9 Å². The Kier molecular flexibility index (Phi) is 4.92. The van der Waals surface area contributed by atoms with Gasteiger partial charge >= 0.3 is 5.97 Å². The Labute approximate surface area is 183 Å². The molecule has 0 amide bonds. The number of hydrogen-bond donors (Lipinski definition) is 2. The number of aliphatic hydroxyl groups is 2. The average molecular weight is 452 g/mol. The van der Waals surface area contributed by atoms with Crippen LogP contribution in [0, 0.1) is 22.7 Å². The highest BCUT2D eigenvalue weighted by Gasteiger charge is 2.77. The topological polar surface area (TPSA) is 118 Å². The molecule has 3 fully saturated rings. The third kappa shape index (κ3) is 2.58. The second kappa shape index (κ2) is 6.87. The zero-order valence-corrected chi connectivity index (χ0v) is 18.1. The van der Waals surface area contributed by atoms with Crippen LogP contribution in [0.2, 0.25) is 0 Å². The van der Waals surface area contributed by atoms with Crippen LogP contribution in [0.4, 0.5) is 8.78 Å². The van der Waals surface area contributed by atoms with Crippen molar-refractivity contribution in [2.75, 3.05) is 6.61 Å². The number of esters is 1. The molecule has 32 heavy (non-hydrogen) atoms. The summed E-state index contributed by atoms with van der Waals surface area (Å²) in [6, 6.07) is 0. The van der Waals surface area contributed by atoms with E-state index >= 15 is 8.78 Å². The summed E-state index contributed by atoms with van der Waals surface area (Å²) in [6.07, 6.45) is -1.21. The molecule has 3 saturated carbocycles. The number of ketones is 3. The molecule has 0 bridgehead atoms. The Morgan fingerprint density at radius 1 is 1.22 bits per heavy atom. The van der Waals surface area contributed by atoms with Crippen molar-refractivity contribution >= 4 is 23.3 Å². The van der Waals surface area contributed by atoms with Gasteiger partial charge in [-0.05, 0) is 43.4 Å². The van der Waals surface area contributed by atoms with Gasteiger partial charge in [-0.15, -0.1) is 0 Å². The Bertz CT molecular complexity index is 989. The number of aliphatic hydroxyl groups excluding tert-OH is 1. The highest BCUT2D eigenvalue weighted by atomic mass is 19.1. The van der Waals surface area contributed by atoms with E-state index in [4.69, 9.17) is 4.74 Å². The standard InChI is InChI=1S/C23H26F2O7/c1-11(26)32-10-19(30)23(31)17(28)8-13-14-7-16(24)15-6-12(27)4-5-20(15,2)22(14,25)18(29)9-21(13,23)3/h4-6,13-14,16-17,28,31H,7-10H2,1-3H3/t13-,14-,16-,17+,20-,21-,22-,23-/m0/s1. The van der Waals surface area contributed by atoms with Crippen LogP contribution in [0.1, 0.15) is 40.0 Å². The summed E-state index contributed by atoms with van der Waals surface area (Å²) >= 11 is 0. The summed E-state index contributed by atoms with van der Waals surface area (Å²) in [6.45, 7) is 3.06. The summed E-state index contributed by atoms with van der Waals surface area (Å²) in [4.78, 5) is 49.2. The number of fused-ring (bicyclic) bond motifs is 5. The van der Waals surface area contributed by atoms with Crippen LogP contribution < -0.4 is 0 Å². The fraction of sp³-hybridized carbons (Fsp3) is 0.652. The van der Waals surface area contributed by atoms with Crippen molar-refractivity contribution in [2.24, 2.45) is 22.7 Å². The van der Waals surface area contributed by atoms with E-state index in [0.29, 0.717) is 0 Å². The number of hydrogen-bond acceptors (Lipinski definition) is 7. The molecule has 0 saturated heterocycles. The Morgan fingerprint density at radius 2 is 1.88 bits per heavy atom.